The van der Waals surface area contributed by atoms with Crippen molar-refractivity contribution in [2.45, 2.75) is 309 Å². The molecule has 1 aliphatic heterocycles. The Labute approximate surface area is 471 Å². The maximum Gasteiger partial charge on any atom is 0.472 e. The van der Waals surface area contributed by atoms with E-state index in [1.807, 2.05) is 0 Å². The topological polar surface area (TPSA) is 442 Å². The third-order valence-corrected chi connectivity index (χ3v) is 17.4. The van der Waals surface area contributed by atoms with Crippen molar-refractivity contribution in [1.29, 1.82) is 0 Å². The molecule has 1 amide bonds. The van der Waals surface area contributed by atoms with Crippen LogP contribution >= 0.6 is 15.6 Å². The van der Waals surface area contributed by atoms with Gasteiger partial charge in [-0.2, -0.15) is 0 Å². The molecule has 1 heterocycles. The SMILES string of the molecule is CCCCCCCCCCCCCCCC(=O)N[C@@H](COP(=O)(O)O[C@H]1C(O)C(O)C(O)[C@@H](O)C1O[C@H]1O[C@H](COP(=O)(O)OC2C(O)C(O)C(O)[C@@H](O)C2O)[C@@H](O)C(O)C1O)[C@H](O)[C@H](O)CCCCCCCCCCCCCC. The highest BCUT2D eigenvalue weighted by Gasteiger charge is 2.56. The molecule has 0 aromatic carbocycles. The smallest absolute Gasteiger partial charge is 0.390 e. The van der Waals surface area contributed by atoms with Crippen LogP contribution < -0.4 is 5.32 Å². The molecule has 80 heavy (non-hydrogen) atoms. The first-order valence-corrected chi connectivity index (χ1v) is 32.3. The van der Waals surface area contributed by atoms with Crippen molar-refractivity contribution in [1.82, 2.24) is 5.32 Å². The fourth-order valence-electron chi connectivity index (χ4n) is 10.3. The number of phosphoric acid groups is 2. The largest absolute Gasteiger partial charge is 0.472 e. The lowest BCUT2D eigenvalue weighted by Crippen LogP contribution is -2.67. The molecular weight excluding hydrogens is 1100 g/mol. The van der Waals surface area contributed by atoms with E-state index in [9.17, 15) is 95.2 Å². The van der Waals surface area contributed by atoms with Gasteiger partial charge in [-0.05, 0) is 12.8 Å². The third-order valence-electron chi connectivity index (χ3n) is 15.4. The monoisotopic (exact) mass is 1200 g/mol. The van der Waals surface area contributed by atoms with Crippen LogP contribution in [0.3, 0.4) is 0 Å². The standard InChI is InChI=1S/C52H101NO25P2/c1-3-5-7-9-11-13-15-17-19-21-23-25-27-29-35(55)53-32(36(56)33(54)28-26-24-22-20-18-16-14-12-10-8-6-4-2)30-73-79(69,70)78-51-47(67)43(63)42(62)46(66)50(51)76-52-48(68)38(58)37(57)34(75-52)31-74-80(71,72)77-49-44(64)40(60)39(59)41(61)45(49)65/h32-34,36-52,54,56-68H,3-31H2,1-2H3,(H,53,55)(H,69,70)(H,71,72)/t32-,33+,34+,36-,37+,38?,39?,40+,41?,42?,43?,44?,45?,46+,47?,48?,49?,50?,51-,52+/m0/s1. The molecule has 0 radical (unpaired) electrons. The van der Waals surface area contributed by atoms with Gasteiger partial charge in [0, 0.05) is 6.42 Å². The molecule has 3 rings (SSSR count). The van der Waals surface area contributed by atoms with E-state index < -0.39 is 157 Å². The van der Waals surface area contributed by atoms with Gasteiger partial charge < -0.3 is 96.1 Å². The second-order valence-electron chi connectivity index (χ2n) is 22.1. The molecule has 22 atom stereocenters. The minimum atomic E-state index is -5.60. The van der Waals surface area contributed by atoms with Crippen LogP contribution in [0.5, 0.6) is 0 Å². The van der Waals surface area contributed by atoms with Crippen LogP contribution in [0.1, 0.15) is 187 Å². The average molecular weight is 1200 g/mol. The summed E-state index contributed by atoms with van der Waals surface area (Å²) in [6, 6.07) is -1.51. The zero-order chi connectivity index (χ0) is 59.6. The highest BCUT2D eigenvalue weighted by atomic mass is 31.2. The molecule has 26 nitrogen and oxygen atoms in total. The molecule has 0 spiro atoms. The van der Waals surface area contributed by atoms with Crippen LogP contribution in [0, 0.1) is 0 Å². The molecule has 1 saturated heterocycles. The minimum Gasteiger partial charge on any atom is -0.390 e. The number of nitrogens with one attached hydrogen (secondary N) is 1. The van der Waals surface area contributed by atoms with Crippen molar-refractivity contribution in [3.8, 4) is 0 Å². The number of ether oxygens (including phenoxy) is 2. The summed E-state index contributed by atoms with van der Waals surface area (Å²) in [5.41, 5.74) is 0. The minimum absolute atomic E-state index is 0.0197. The Morgan fingerprint density at radius 3 is 1.29 bits per heavy atom. The molecule has 2 aliphatic carbocycles. The molecule has 474 valence electrons. The molecule has 0 aromatic rings. The number of carbonyl (C=O) groups excluding carboxylic acids is 1. The summed E-state index contributed by atoms with van der Waals surface area (Å²) < 4.78 is 57.6. The van der Waals surface area contributed by atoms with Crippen LogP contribution in [-0.4, -0.2) is 223 Å². The summed E-state index contributed by atoms with van der Waals surface area (Å²) in [7, 11) is -11.1. The summed E-state index contributed by atoms with van der Waals surface area (Å²) in [4.78, 5) is 34.8. The number of hydrogen-bond donors (Lipinski definition) is 17. The van der Waals surface area contributed by atoms with Gasteiger partial charge in [-0.3, -0.25) is 22.9 Å². The first-order chi connectivity index (χ1) is 37.9. The van der Waals surface area contributed by atoms with E-state index in [0.717, 1.165) is 64.2 Å². The van der Waals surface area contributed by atoms with Gasteiger partial charge in [-0.1, -0.05) is 168 Å². The maximum atomic E-state index is 13.7. The van der Waals surface area contributed by atoms with Crippen molar-refractivity contribution in [2.75, 3.05) is 13.2 Å². The normalized spacial score (nSPS) is 33.9. The van der Waals surface area contributed by atoms with Gasteiger partial charge in [-0.25, -0.2) is 9.13 Å². The van der Waals surface area contributed by atoms with E-state index in [-0.39, 0.29) is 12.8 Å². The molecule has 17 N–H and O–H groups in total. The number of unbranched alkanes of at least 4 members (excludes halogenated alkanes) is 23. The van der Waals surface area contributed by atoms with Crippen LogP contribution in [-0.2, 0) is 41.5 Å². The van der Waals surface area contributed by atoms with Gasteiger partial charge in [-0.15, -0.1) is 0 Å². The maximum absolute atomic E-state index is 13.7. The van der Waals surface area contributed by atoms with Gasteiger partial charge in [0.25, 0.3) is 0 Å². The molecule has 28 heteroatoms. The lowest BCUT2D eigenvalue weighted by molar-refractivity contribution is -0.337. The number of phosphoric ester groups is 2. The van der Waals surface area contributed by atoms with Gasteiger partial charge in [0.15, 0.2) is 6.29 Å². The highest BCUT2D eigenvalue weighted by Crippen LogP contribution is 2.49. The molecule has 2 saturated carbocycles. The molecule has 0 aromatic heterocycles. The zero-order valence-corrected chi connectivity index (χ0v) is 48.6. The van der Waals surface area contributed by atoms with Crippen LogP contribution in [0.2, 0.25) is 0 Å². The predicted octanol–water partition coefficient (Wildman–Crippen LogP) is 1.24. The Balaban J connectivity index is 1.67. The van der Waals surface area contributed by atoms with Gasteiger partial charge >= 0.3 is 15.6 Å². The number of amides is 1. The Morgan fingerprint density at radius 2 is 0.825 bits per heavy atom. The summed E-state index contributed by atoms with van der Waals surface area (Å²) in [6.45, 7) is 2.15. The lowest BCUT2D eigenvalue weighted by Gasteiger charge is -2.47. The second kappa shape index (κ2) is 38.3. The number of rotatable bonds is 42. The Hall–Kier alpha value is -0.950. The van der Waals surface area contributed by atoms with Crippen molar-refractivity contribution in [3.63, 3.8) is 0 Å². The molecule has 13 unspecified atom stereocenters. The van der Waals surface area contributed by atoms with E-state index in [1.54, 1.807) is 0 Å². The lowest BCUT2D eigenvalue weighted by atomic mass is 9.84. The molecule has 3 aliphatic rings. The van der Waals surface area contributed by atoms with E-state index in [2.05, 4.69) is 19.2 Å². The van der Waals surface area contributed by atoms with E-state index in [1.165, 1.54) is 83.5 Å². The number of carbonyl (C=O) groups is 1. The quantitative estimate of drug-likeness (QED) is 0.0302. The second-order valence-corrected chi connectivity index (χ2v) is 24.9. The summed E-state index contributed by atoms with van der Waals surface area (Å²) in [5.74, 6) is -0.554. The van der Waals surface area contributed by atoms with Crippen molar-refractivity contribution < 1.29 is 123 Å². The Morgan fingerprint density at radius 1 is 0.463 bits per heavy atom. The first kappa shape index (κ1) is 73.3. The summed E-state index contributed by atoms with van der Waals surface area (Å²) >= 11 is 0. The van der Waals surface area contributed by atoms with Gasteiger partial charge in [0.1, 0.15) is 104 Å². The molecule has 0 bridgehead atoms. The molecule has 3 fully saturated rings. The fraction of sp³-hybridized carbons (Fsp3) is 0.981. The van der Waals surface area contributed by atoms with Gasteiger partial charge in [0.2, 0.25) is 5.91 Å². The van der Waals surface area contributed by atoms with Crippen LogP contribution in [0.15, 0.2) is 0 Å². The van der Waals surface area contributed by atoms with E-state index in [4.69, 9.17) is 27.6 Å². The van der Waals surface area contributed by atoms with Crippen LogP contribution in [0.25, 0.3) is 0 Å². The predicted molar refractivity (Wildman–Crippen MR) is 287 cm³/mol. The zero-order valence-electron chi connectivity index (χ0n) is 46.8. The van der Waals surface area contributed by atoms with Crippen LogP contribution in [0.4, 0.5) is 0 Å². The number of aliphatic hydroxyl groups is 14. The Bertz CT molecular complexity index is 1750. The van der Waals surface area contributed by atoms with Crippen molar-refractivity contribution >= 4 is 21.6 Å². The number of aliphatic hydroxyl groups excluding tert-OH is 14. The molecular formula is C52H101NO25P2. The Kier molecular flexibility index (Phi) is 35.1. The summed E-state index contributed by atoms with van der Waals surface area (Å²) in [5, 5.41) is 151. The van der Waals surface area contributed by atoms with Crippen molar-refractivity contribution in [3.05, 3.63) is 0 Å². The van der Waals surface area contributed by atoms with E-state index in [0.29, 0.717) is 12.8 Å². The first-order valence-electron chi connectivity index (χ1n) is 29.3. The summed E-state index contributed by atoms with van der Waals surface area (Å²) in [6.07, 6.45) is -14.5. The van der Waals surface area contributed by atoms with Crippen molar-refractivity contribution in [2.24, 2.45) is 0 Å². The average Bonchev–Trinajstić information content (AvgIpc) is 3.42. The number of hydrogen-bond acceptors (Lipinski definition) is 23. The third kappa shape index (κ3) is 24.8. The van der Waals surface area contributed by atoms with Gasteiger partial charge in [0.05, 0.1) is 25.4 Å². The van der Waals surface area contributed by atoms with E-state index >= 15 is 0 Å². The highest BCUT2D eigenvalue weighted by molar-refractivity contribution is 7.47. The fourth-order valence-corrected chi connectivity index (χ4v) is 12.2.